The summed E-state index contributed by atoms with van der Waals surface area (Å²) in [5, 5.41) is 15.3. The summed E-state index contributed by atoms with van der Waals surface area (Å²) >= 11 is 0. The molecule has 10 heteroatoms. The lowest BCUT2D eigenvalue weighted by molar-refractivity contribution is -0.127. The molecule has 1 aliphatic carbocycles. The third-order valence-corrected chi connectivity index (χ3v) is 5.94. The fraction of sp³-hybridized carbons (Fsp3) is 0.458. The Balaban J connectivity index is 1.59. The largest absolute Gasteiger partial charge is 0.458 e. The summed E-state index contributed by atoms with van der Waals surface area (Å²) < 4.78 is 19.1. The highest BCUT2D eigenvalue weighted by atomic mass is 19.1. The Morgan fingerprint density at radius 3 is 2.59 bits per heavy atom. The van der Waals surface area contributed by atoms with E-state index in [0.29, 0.717) is 30.0 Å². The molecule has 0 spiro atoms. The summed E-state index contributed by atoms with van der Waals surface area (Å²) in [4.78, 5) is 29.4. The Hall–Kier alpha value is -3.56. The third-order valence-electron chi connectivity index (χ3n) is 5.94. The highest BCUT2D eigenvalue weighted by molar-refractivity contribution is 6.00. The van der Waals surface area contributed by atoms with Crippen molar-refractivity contribution in [1.29, 1.82) is 0 Å². The van der Waals surface area contributed by atoms with Crippen LogP contribution in [0.25, 0.3) is 11.6 Å². The number of rotatable bonds is 9. The second kappa shape index (κ2) is 10.6. The van der Waals surface area contributed by atoms with Crippen molar-refractivity contribution >= 4 is 17.5 Å². The number of aryl methyl sites for hydroxylation is 1. The van der Waals surface area contributed by atoms with Crippen LogP contribution in [0.2, 0.25) is 0 Å². The molecule has 2 heterocycles. The number of halogens is 1. The molecular formula is C24H29FN6O3. The van der Waals surface area contributed by atoms with Gasteiger partial charge in [0.15, 0.2) is 5.76 Å². The number of carbonyl (C=O) groups excluding carboxylic acids is 2. The minimum atomic E-state index is -0.737. The van der Waals surface area contributed by atoms with Crippen LogP contribution in [0, 0.1) is 12.7 Å². The van der Waals surface area contributed by atoms with Crippen molar-refractivity contribution in [2.45, 2.75) is 71.0 Å². The predicted molar refractivity (Wildman–Crippen MR) is 123 cm³/mol. The first-order chi connectivity index (χ1) is 16.4. The summed E-state index contributed by atoms with van der Waals surface area (Å²) in [5.74, 6) is 0.399. The van der Waals surface area contributed by atoms with Crippen LogP contribution in [0.1, 0.15) is 51.2 Å². The number of benzene rings is 1. The number of nitrogens with one attached hydrogen (secondary N) is 1. The number of hydrogen-bond acceptors (Lipinski definition) is 6. The van der Waals surface area contributed by atoms with E-state index in [4.69, 9.17) is 4.42 Å². The second-order valence-corrected chi connectivity index (χ2v) is 8.59. The summed E-state index contributed by atoms with van der Waals surface area (Å²) in [5.41, 5.74) is 0.438. The van der Waals surface area contributed by atoms with Crippen molar-refractivity contribution < 1.29 is 18.4 Å². The molecule has 9 nitrogen and oxygen atoms in total. The van der Waals surface area contributed by atoms with Gasteiger partial charge in [0, 0.05) is 11.7 Å². The lowest BCUT2D eigenvalue weighted by Gasteiger charge is -2.31. The van der Waals surface area contributed by atoms with E-state index in [-0.39, 0.29) is 24.3 Å². The van der Waals surface area contributed by atoms with Crippen LogP contribution in [0.5, 0.6) is 0 Å². The Morgan fingerprint density at radius 1 is 1.21 bits per heavy atom. The van der Waals surface area contributed by atoms with Crippen LogP contribution in [0.15, 0.2) is 40.8 Å². The van der Waals surface area contributed by atoms with Gasteiger partial charge in [-0.3, -0.25) is 14.5 Å². The van der Waals surface area contributed by atoms with Gasteiger partial charge in [0.25, 0.3) is 5.91 Å². The minimum absolute atomic E-state index is 0.119. The van der Waals surface area contributed by atoms with Crippen molar-refractivity contribution in [3.05, 3.63) is 48.0 Å². The highest BCUT2D eigenvalue weighted by Crippen LogP contribution is 2.24. The van der Waals surface area contributed by atoms with Crippen molar-refractivity contribution in [3.63, 3.8) is 0 Å². The average molecular weight is 469 g/mol. The van der Waals surface area contributed by atoms with Gasteiger partial charge in [-0.15, -0.1) is 10.2 Å². The topological polar surface area (TPSA) is 106 Å². The van der Waals surface area contributed by atoms with E-state index in [1.54, 1.807) is 12.1 Å². The van der Waals surface area contributed by atoms with Gasteiger partial charge >= 0.3 is 0 Å². The fourth-order valence-electron chi connectivity index (χ4n) is 4.28. The molecule has 180 valence electrons. The molecule has 0 bridgehead atoms. The molecule has 0 radical (unpaired) electrons. The minimum Gasteiger partial charge on any atom is -0.458 e. The molecule has 3 aromatic rings. The molecule has 1 aliphatic rings. The Kier molecular flexibility index (Phi) is 7.34. The highest BCUT2D eigenvalue weighted by Gasteiger charge is 2.32. The van der Waals surface area contributed by atoms with Crippen molar-refractivity contribution in [3.8, 4) is 11.6 Å². The molecular weight excluding hydrogens is 439 g/mol. The SMILES string of the molecule is CCC[C@H](C(=O)NC1CCCC1)N(C(=O)Cn1nnc(-c2ccc(C)o2)n1)c1ccc(F)cc1. The number of anilines is 1. The zero-order chi connectivity index (χ0) is 24.1. The van der Waals surface area contributed by atoms with E-state index < -0.39 is 17.8 Å². The molecule has 4 rings (SSSR count). The van der Waals surface area contributed by atoms with Gasteiger partial charge in [-0.05, 0) is 67.8 Å². The fourth-order valence-corrected chi connectivity index (χ4v) is 4.28. The van der Waals surface area contributed by atoms with E-state index in [9.17, 15) is 14.0 Å². The molecule has 0 aliphatic heterocycles. The quantitative estimate of drug-likeness (QED) is 0.514. The first-order valence-electron chi connectivity index (χ1n) is 11.7. The normalized spacial score (nSPS) is 14.8. The first kappa shape index (κ1) is 23.6. The number of furan rings is 1. The zero-order valence-corrected chi connectivity index (χ0v) is 19.4. The van der Waals surface area contributed by atoms with E-state index in [2.05, 4.69) is 20.7 Å². The van der Waals surface area contributed by atoms with E-state index in [1.165, 1.54) is 34.0 Å². The molecule has 34 heavy (non-hydrogen) atoms. The number of aromatic nitrogens is 4. The molecule has 1 aromatic carbocycles. The van der Waals surface area contributed by atoms with Crippen molar-refractivity contribution in [2.75, 3.05) is 4.90 Å². The van der Waals surface area contributed by atoms with Crippen molar-refractivity contribution in [1.82, 2.24) is 25.5 Å². The van der Waals surface area contributed by atoms with Crippen LogP contribution in [0.3, 0.4) is 0 Å². The van der Waals surface area contributed by atoms with Gasteiger partial charge < -0.3 is 9.73 Å². The van der Waals surface area contributed by atoms with E-state index in [1.807, 2.05) is 13.8 Å². The number of carbonyl (C=O) groups is 2. The molecule has 0 saturated heterocycles. The monoisotopic (exact) mass is 468 g/mol. The molecule has 1 saturated carbocycles. The summed E-state index contributed by atoms with van der Waals surface area (Å²) in [6.07, 6.45) is 5.19. The molecule has 1 fully saturated rings. The molecule has 1 atom stereocenters. The summed E-state index contributed by atoms with van der Waals surface area (Å²) in [6, 6.07) is 8.46. The van der Waals surface area contributed by atoms with Crippen LogP contribution in [-0.2, 0) is 16.1 Å². The van der Waals surface area contributed by atoms with Crippen LogP contribution >= 0.6 is 0 Å². The predicted octanol–water partition coefficient (Wildman–Crippen LogP) is 3.64. The number of amides is 2. The van der Waals surface area contributed by atoms with Gasteiger partial charge in [0.05, 0.1) is 0 Å². The molecule has 0 unspecified atom stereocenters. The number of hydrogen-bond donors (Lipinski definition) is 1. The Labute approximate surface area is 197 Å². The van der Waals surface area contributed by atoms with E-state index in [0.717, 1.165) is 25.7 Å². The maximum atomic E-state index is 13.6. The Morgan fingerprint density at radius 2 is 1.94 bits per heavy atom. The molecule has 1 N–H and O–H groups in total. The zero-order valence-electron chi connectivity index (χ0n) is 19.4. The first-order valence-corrected chi connectivity index (χ1v) is 11.7. The molecule has 2 aromatic heterocycles. The maximum absolute atomic E-state index is 13.6. The maximum Gasteiger partial charge on any atom is 0.251 e. The smallest absolute Gasteiger partial charge is 0.251 e. The van der Waals surface area contributed by atoms with Gasteiger partial charge in [0.2, 0.25) is 11.7 Å². The van der Waals surface area contributed by atoms with Crippen LogP contribution < -0.4 is 10.2 Å². The average Bonchev–Trinajstić information content (AvgIpc) is 3.57. The van der Waals surface area contributed by atoms with Crippen LogP contribution in [0.4, 0.5) is 10.1 Å². The van der Waals surface area contributed by atoms with Gasteiger partial charge in [-0.25, -0.2) is 4.39 Å². The number of tetrazole rings is 1. The third kappa shape index (κ3) is 5.49. The van der Waals surface area contributed by atoms with Gasteiger partial charge in [-0.1, -0.05) is 26.2 Å². The second-order valence-electron chi connectivity index (χ2n) is 8.59. The van der Waals surface area contributed by atoms with E-state index >= 15 is 0 Å². The van der Waals surface area contributed by atoms with Crippen LogP contribution in [-0.4, -0.2) is 44.1 Å². The summed E-state index contributed by atoms with van der Waals surface area (Å²) in [6.45, 7) is 3.53. The van der Waals surface area contributed by atoms with Gasteiger partial charge in [-0.2, -0.15) is 4.80 Å². The lowest BCUT2D eigenvalue weighted by Crippen LogP contribution is -2.52. The van der Waals surface area contributed by atoms with Gasteiger partial charge in [0.1, 0.15) is 24.2 Å². The number of nitrogens with zero attached hydrogens (tertiary/aromatic N) is 5. The Bertz CT molecular complexity index is 1120. The summed E-state index contributed by atoms with van der Waals surface area (Å²) in [7, 11) is 0. The van der Waals surface area contributed by atoms with Crippen molar-refractivity contribution in [2.24, 2.45) is 0 Å². The standard InChI is InChI=1S/C24H29FN6O3/c1-3-6-20(24(33)26-18-7-4-5-8-18)31(19-12-10-17(25)11-13-19)22(32)15-30-28-23(27-29-30)21-14-9-16(2)34-21/h9-14,18,20H,3-8,15H2,1-2H3,(H,26,33)/t20-/m1/s1. The molecule has 2 amide bonds. The lowest BCUT2D eigenvalue weighted by atomic mass is 10.1.